The van der Waals surface area contributed by atoms with Crippen LogP contribution in [0.5, 0.6) is 0 Å². The van der Waals surface area contributed by atoms with Crippen LogP contribution in [0.4, 0.5) is 25.0 Å². The van der Waals surface area contributed by atoms with Crippen molar-refractivity contribution < 1.29 is 18.3 Å². The fourth-order valence-electron chi connectivity index (χ4n) is 2.34. The van der Waals surface area contributed by atoms with E-state index >= 15 is 0 Å². The van der Waals surface area contributed by atoms with Gasteiger partial charge >= 0.3 is 6.09 Å². The van der Waals surface area contributed by atoms with E-state index in [0.29, 0.717) is 32.5 Å². The Balaban J connectivity index is 1.95. The van der Waals surface area contributed by atoms with Crippen LogP contribution in [0.15, 0.2) is 12.1 Å². The van der Waals surface area contributed by atoms with Gasteiger partial charge in [0, 0.05) is 19.1 Å². The predicted molar refractivity (Wildman–Crippen MR) is 76.0 cm³/mol. The third kappa shape index (κ3) is 3.53. The first-order valence-corrected chi connectivity index (χ1v) is 6.94. The molecule has 0 bridgehead atoms. The van der Waals surface area contributed by atoms with Crippen molar-refractivity contribution >= 4 is 17.5 Å². The number of nitrogens with zero attached hydrogens (tertiary/aromatic N) is 1. The molecule has 1 heterocycles. The zero-order chi connectivity index (χ0) is 15.4. The maximum atomic E-state index is 13.7. The van der Waals surface area contributed by atoms with E-state index in [0.717, 1.165) is 6.07 Å². The Morgan fingerprint density at radius 1 is 1.43 bits per heavy atom. The lowest BCUT2D eigenvalue weighted by Gasteiger charge is -2.32. The van der Waals surface area contributed by atoms with Crippen LogP contribution in [0.1, 0.15) is 19.8 Å². The van der Waals surface area contributed by atoms with Crippen LogP contribution in [-0.4, -0.2) is 36.7 Å². The van der Waals surface area contributed by atoms with E-state index in [9.17, 15) is 13.6 Å². The molecule has 1 aromatic carbocycles. The monoisotopic (exact) mass is 299 g/mol. The summed E-state index contributed by atoms with van der Waals surface area (Å²) in [5, 5.41) is 2.93. The summed E-state index contributed by atoms with van der Waals surface area (Å²) in [4.78, 5) is 13.2. The number of carbonyl (C=O) groups excluding carboxylic acids is 1. The highest BCUT2D eigenvalue weighted by Crippen LogP contribution is 2.27. The molecule has 0 spiro atoms. The number of rotatable bonds is 3. The molecule has 1 saturated heterocycles. The van der Waals surface area contributed by atoms with Gasteiger partial charge in [-0.15, -0.1) is 0 Å². The Labute approximate surface area is 122 Å². The second-order valence-electron chi connectivity index (χ2n) is 4.93. The quantitative estimate of drug-likeness (QED) is 0.842. The van der Waals surface area contributed by atoms with Gasteiger partial charge in [-0.25, -0.2) is 13.6 Å². The van der Waals surface area contributed by atoms with Crippen LogP contribution >= 0.6 is 0 Å². The molecule has 116 valence electrons. The minimum atomic E-state index is -0.970. The van der Waals surface area contributed by atoms with Crippen LogP contribution in [0.3, 0.4) is 0 Å². The van der Waals surface area contributed by atoms with Gasteiger partial charge in [0.05, 0.1) is 18.0 Å². The topological polar surface area (TPSA) is 67.6 Å². The van der Waals surface area contributed by atoms with Gasteiger partial charge in [0.2, 0.25) is 0 Å². The van der Waals surface area contributed by atoms with Gasteiger partial charge in [-0.1, -0.05) is 0 Å². The number of nitrogens with two attached hydrogens (primary N) is 1. The molecule has 1 aliphatic heterocycles. The van der Waals surface area contributed by atoms with E-state index in [-0.39, 0.29) is 23.5 Å². The molecule has 0 saturated carbocycles. The van der Waals surface area contributed by atoms with Crippen LogP contribution < -0.4 is 11.1 Å². The molecule has 21 heavy (non-hydrogen) atoms. The number of anilines is 2. The molecule has 1 aliphatic rings. The van der Waals surface area contributed by atoms with E-state index in [4.69, 9.17) is 10.5 Å². The molecule has 0 radical (unpaired) electrons. The number of hydrogen-bond acceptors (Lipinski definition) is 4. The molecule has 5 nitrogen and oxygen atoms in total. The summed E-state index contributed by atoms with van der Waals surface area (Å²) in [6.45, 7) is 3.10. The van der Waals surface area contributed by atoms with E-state index in [2.05, 4.69) is 5.32 Å². The number of amides is 1. The maximum absolute atomic E-state index is 13.7. The average molecular weight is 299 g/mol. The van der Waals surface area contributed by atoms with Crippen LogP contribution in [0.2, 0.25) is 0 Å². The first-order chi connectivity index (χ1) is 10.0. The van der Waals surface area contributed by atoms with Crippen molar-refractivity contribution in [2.24, 2.45) is 0 Å². The van der Waals surface area contributed by atoms with Gasteiger partial charge in [0.1, 0.15) is 0 Å². The predicted octanol–water partition coefficient (Wildman–Crippen LogP) is 2.58. The van der Waals surface area contributed by atoms with Crippen LogP contribution in [0, 0.1) is 11.6 Å². The number of ether oxygens (including phenoxy) is 1. The summed E-state index contributed by atoms with van der Waals surface area (Å²) in [6, 6.07) is 2.27. The number of likely N-dealkylation sites (tertiary alicyclic amines) is 1. The molecule has 0 aromatic heterocycles. The summed E-state index contributed by atoms with van der Waals surface area (Å²) >= 11 is 0. The van der Waals surface area contributed by atoms with Gasteiger partial charge in [0.25, 0.3) is 0 Å². The van der Waals surface area contributed by atoms with Crippen LogP contribution in [-0.2, 0) is 4.74 Å². The largest absolute Gasteiger partial charge is 0.450 e. The molecule has 0 unspecified atom stereocenters. The number of piperidine rings is 1. The third-order valence-electron chi connectivity index (χ3n) is 3.50. The average Bonchev–Trinajstić information content (AvgIpc) is 2.48. The SMILES string of the molecule is CCOC(=O)N1CCC(Nc2c(N)ccc(F)c2F)CC1. The number of nitrogens with one attached hydrogen (secondary N) is 1. The van der Waals surface area contributed by atoms with Crippen molar-refractivity contribution in [1.82, 2.24) is 4.90 Å². The van der Waals surface area contributed by atoms with E-state index in [1.165, 1.54) is 6.07 Å². The lowest BCUT2D eigenvalue weighted by Crippen LogP contribution is -2.42. The number of hydrogen-bond donors (Lipinski definition) is 2. The third-order valence-corrected chi connectivity index (χ3v) is 3.50. The van der Waals surface area contributed by atoms with Gasteiger partial charge in [0.15, 0.2) is 11.6 Å². The van der Waals surface area contributed by atoms with Crippen molar-refractivity contribution in [2.75, 3.05) is 30.7 Å². The van der Waals surface area contributed by atoms with Crippen molar-refractivity contribution in [2.45, 2.75) is 25.8 Å². The lowest BCUT2D eigenvalue weighted by molar-refractivity contribution is 0.0983. The maximum Gasteiger partial charge on any atom is 0.409 e. The van der Waals surface area contributed by atoms with Gasteiger partial charge < -0.3 is 20.7 Å². The van der Waals surface area contributed by atoms with Crippen molar-refractivity contribution in [1.29, 1.82) is 0 Å². The minimum Gasteiger partial charge on any atom is -0.450 e. The summed E-state index contributed by atoms with van der Waals surface area (Å²) in [5.41, 5.74) is 5.83. The smallest absolute Gasteiger partial charge is 0.409 e. The molecular formula is C14H19F2N3O2. The molecule has 0 atom stereocenters. The minimum absolute atomic E-state index is 0.00964. The Morgan fingerprint density at radius 3 is 2.71 bits per heavy atom. The highest BCUT2D eigenvalue weighted by molar-refractivity contribution is 5.68. The standard InChI is InChI=1S/C14H19F2N3O2/c1-2-21-14(20)19-7-5-9(6-8-19)18-13-11(17)4-3-10(15)12(13)16/h3-4,9,18H,2,5-8,17H2,1H3. The van der Waals surface area contributed by atoms with E-state index < -0.39 is 11.6 Å². The number of nitrogen functional groups attached to an aromatic ring is 1. The van der Waals surface area contributed by atoms with E-state index in [1.54, 1.807) is 11.8 Å². The summed E-state index contributed by atoms with van der Waals surface area (Å²) < 4.78 is 31.9. The Kier molecular flexibility index (Phi) is 4.82. The van der Waals surface area contributed by atoms with Crippen molar-refractivity contribution in [3.8, 4) is 0 Å². The zero-order valence-electron chi connectivity index (χ0n) is 11.9. The van der Waals surface area contributed by atoms with E-state index in [1.807, 2.05) is 0 Å². The first kappa shape index (κ1) is 15.3. The molecule has 1 aromatic rings. The number of benzene rings is 1. The molecule has 0 aliphatic carbocycles. The second-order valence-corrected chi connectivity index (χ2v) is 4.93. The van der Waals surface area contributed by atoms with Crippen molar-refractivity contribution in [3.05, 3.63) is 23.8 Å². The first-order valence-electron chi connectivity index (χ1n) is 6.94. The van der Waals surface area contributed by atoms with Gasteiger partial charge in [-0.3, -0.25) is 0 Å². The molecule has 2 rings (SSSR count). The highest BCUT2D eigenvalue weighted by atomic mass is 19.2. The normalized spacial score (nSPS) is 15.9. The summed E-state index contributed by atoms with van der Waals surface area (Å²) in [5.74, 6) is -1.90. The second kappa shape index (κ2) is 6.60. The van der Waals surface area contributed by atoms with Crippen LogP contribution in [0.25, 0.3) is 0 Å². The molecule has 1 amide bonds. The highest BCUT2D eigenvalue weighted by Gasteiger charge is 2.25. The lowest BCUT2D eigenvalue weighted by atomic mass is 10.0. The molecule has 3 N–H and O–H groups in total. The van der Waals surface area contributed by atoms with Gasteiger partial charge in [-0.2, -0.15) is 0 Å². The molecular weight excluding hydrogens is 280 g/mol. The Bertz CT molecular complexity index is 517. The summed E-state index contributed by atoms with van der Waals surface area (Å²) in [7, 11) is 0. The summed E-state index contributed by atoms with van der Waals surface area (Å²) in [6.07, 6.45) is 0.898. The fourth-order valence-corrected chi connectivity index (χ4v) is 2.34. The zero-order valence-corrected chi connectivity index (χ0v) is 11.9. The fraction of sp³-hybridized carbons (Fsp3) is 0.500. The number of halogens is 2. The Hall–Kier alpha value is -2.05. The number of carbonyl (C=O) groups is 1. The molecule has 1 fully saturated rings. The Morgan fingerprint density at radius 2 is 2.10 bits per heavy atom. The molecule has 7 heteroatoms. The van der Waals surface area contributed by atoms with Crippen molar-refractivity contribution in [3.63, 3.8) is 0 Å². The van der Waals surface area contributed by atoms with Gasteiger partial charge in [-0.05, 0) is 31.9 Å².